The van der Waals surface area contributed by atoms with Gasteiger partial charge in [0.1, 0.15) is 6.10 Å². The van der Waals surface area contributed by atoms with Crippen molar-refractivity contribution in [2.45, 2.75) is 44.2 Å². The summed E-state index contributed by atoms with van der Waals surface area (Å²) in [4.78, 5) is 12.1. The van der Waals surface area contributed by atoms with Crippen molar-refractivity contribution in [3.05, 3.63) is 35.4 Å². The van der Waals surface area contributed by atoms with E-state index in [1.165, 1.54) is 12.1 Å². The lowest BCUT2D eigenvalue weighted by Crippen LogP contribution is -2.37. The van der Waals surface area contributed by atoms with Gasteiger partial charge in [-0.1, -0.05) is 12.1 Å². The normalized spacial score (nSPS) is 22.3. The van der Waals surface area contributed by atoms with E-state index in [9.17, 15) is 18.0 Å². The minimum atomic E-state index is -4.36. The fraction of sp³-hybridized carbons (Fsp3) is 0.533. The van der Waals surface area contributed by atoms with Gasteiger partial charge in [-0.2, -0.15) is 13.2 Å². The number of nitrogens with two attached hydrogens (primary N) is 1. The van der Waals surface area contributed by atoms with Crippen LogP contribution in [0.5, 0.6) is 0 Å². The Labute approximate surface area is 139 Å². The Hall–Kier alpha value is -1.31. The molecule has 1 aliphatic heterocycles. The minimum Gasteiger partial charge on any atom is -0.364 e. The van der Waals surface area contributed by atoms with E-state index in [4.69, 9.17) is 10.5 Å². The van der Waals surface area contributed by atoms with E-state index in [1.54, 1.807) is 6.92 Å². The number of ether oxygens (including phenoxy) is 1. The van der Waals surface area contributed by atoms with Gasteiger partial charge in [0.2, 0.25) is 5.91 Å². The summed E-state index contributed by atoms with van der Waals surface area (Å²) >= 11 is 0. The second-order valence-electron chi connectivity index (χ2n) is 5.41. The summed E-state index contributed by atoms with van der Waals surface area (Å²) < 4.78 is 43.0. The largest absolute Gasteiger partial charge is 0.416 e. The topological polar surface area (TPSA) is 64.4 Å². The molecule has 1 heterocycles. The molecule has 1 fully saturated rings. The highest BCUT2D eigenvalue weighted by Gasteiger charge is 2.31. The van der Waals surface area contributed by atoms with Crippen LogP contribution in [-0.2, 0) is 15.7 Å². The molecular weight excluding hydrogens is 333 g/mol. The van der Waals surface area contributed by atoms with E-state index in [2.05, 4.69) is 5.32 Å². The second kappa shape index (κ2) is 7.99. The fourth-order valence-corrected chi connectivity index (χ4v) is 2.42. The molecule has 4 nitrogen and oxygen atoms in total. The Morgan fingerprint density at radius 1 is 1.35 bits per heavy atom. The number of carbonyl (C=O) groups excluding carboxylic acids is 1. The number of rotatable bonds is 4. The van der Waals surface area contributed by atoms with E-state index in [0.29, 0.717) is 18.5 Å². The third-order valence-corrected chi connectivity index (χ3v) is 3.76. The molecule has 1 aromatic rings. The minimum absolute atomic E-state index is 0. The molecule has 2 rings (SSSR count). The second-order valence-corrected chi connectivity index (χ2v) is 5.41. The van der Waals surface area contributed by atoms with Crippen LogP contribution in [0.4, 0.5) is 13.2 Å². The maximum atomic E-state index is 12.5. The first kappa shape index (κ1) is 19.7. The lowest BCUT2D eigenvalue weighted by atomic mass is 10.1. The zero-order valence-electron chi connectivity index (χ0n) is 12.6. The van der Waals surface area contributed by atoms with Crippen molar-refractivity contribution in [3.63, 3.8) is 0 Å². The van der Waals surface area contributed by atoms with Crippen LogP contribution >= 0.6 is 12.4 Å². The van der Waals surface area contributed by atoms with Crippen LogP contribution in [0.2, 0.25) is 0 Å². The summed E-state index contributed by atoms with van der Waals surface area (Å²) in [5, 5.41) is 2.75. The van der Waals surface area contributed by atoms with Gasteiger partial charge in [-0.3, -0.25) is 4.79 Å². The van der Waals surface area contributed by atoms with Gasteiger partial charge in [0.25, 0.3) is 0 Å². The highest BCUT2D eigenvalue weighted by atomic mass is 35.5. The number of nitrogens with one attached hydrogen (secondary N) is 1. The van der Waals surface area contributed by atoms with Gasteiger partial charge in [-0.25, -0.2) is 0 Å². The Kier molecular flexibility index (Phi) is 6.85. The van der Waals surface area contributed by atoms with E-state index in [1.807, 2.05) is 0 Å². The van der Waals surface area contributed by atoms with Crippen molar-refractivity contribution in [2.75, 3.05) is 6.54 Å². The lowest BCUT2D eigenvalue weighted by molar-refractivity contribution is -0.137. The van der Waals surface area contributed by atoms with Crippen LogP contribution in [0.25, 0.3) is 0 Å². The first-order chi connectivity index (χ1) is 10.3. The number of amides is 1. The number of halogens is 4. The van der Waals surface area contributed by atoms with Crippen LogP contribution < -0.4 is 11.1 Å². The van der Waals surface area contributed by atoms with Crippen molar-refractivity contribution in [3.8, 4) is 0 Å². The summed E-state index contributed by atoms with van der Waals surface area (Å²) in [5.74, 6) is -0.261. The van der Waals surface area contributed by atoms with Gasteiger partial charge < -0.3 is 15.8 Å². The maximum Gasteiger partial charge on any atom is 0.416 e. The highest BCUT2D eigenvalue weighted by Crippen LogP contribution is 2.30. The Morgan fingerprint density at radius 3 is 2.43 bits per heavy atom. The molecule has 1 aromatic carbocycles. The molecule has 0 radical (unpaired) electrons. The van der Waals surface area contributed by atoms with Crippen LogP contribution in [0.3, 0.4) is 0 Å². The number of hydrogen-bond donors (Lipinski definition) is 2. The van der Waals surface area contributed by atoms with E-state index in [0.717, 1.165) is 18.6 Å². The van der Waals surface area contributed by atoms with Crippen molar-refractivity contribution in [2.24, 2.45) is 5.73 Å². The predicted octanol–water partition coefficient (Wildman–Crippen LogP) is 2.81. The molecule has 0 aliphatic carbocycles. The van der Waals surface area contributed by atoms with Crippen molar-refractivity contribution >= 4 is 18.3 Å². The third kappa shape index (κ3) is 5.09. The van der Waals surface area contributed by atoms with Gasteiger partial charge >= 0.3 is 6.18 Å². The van der Waals surface area contributed by atoms with E-state index >= 15 is 0 Å². The number of alkyl halides is 3. The van der Waals surface area contributed by atoms with Gasteiger partial charge in [0, 0.05) is 6.54 Å². The van der Waals surface area contributed by atoms with Crippen molar-refractivity contribution in [1.82, 2.24) is 5.32 Å². The lowest BCUT2D eigenvalue weighted by Gasteiger charge is -2.18. The van der Waals surface area contributed by atoms with Crippen LogP contribution in [0.1, 0.15) is 36.9 Å². The predicted molar refractivity (Wildman–Crippen MR) is 82.2 cm³/mol. The number of carbonyl (C=O) groups is 1. The molecule has 0 aromatic heterocycles. The van der Waals surface area contributed by atoms with Gasteiger partial charge in [-0.05, 0) is 37.5 Å². The third-order valence-electron chi connectivity index (χ3n) is 3.76. The van der Waals surface area contributed by atoms with Crippen LogP contribution in [0.15, 0.2) is 24.3 Å². The fourth-order valence-electron chi connectivity index (χ4n) is 2.42. The summed E-state index contributed by atoms with van der Waals surface area (Å²) in [6, 6.07) is 4.36. The molecule has 0 bridgehead atoms. The quantitative estimate of drug-likeness (QED) is 0.875. The zero-order chi connectivity index (χ0) is 16.3. The van der Waals surface area contributed by atoms with Gasteiger partial charge in [0.05, 0.1) is 17.7 Å². The molecule has 1 unspecified atom stereocenters. The molecule has 1 aliphatic rings. The molecule has 0 saturated carbocycles. The standard InChI is InChI=1S/C15H19F3N2O2.ClH/c1-9(10-2-4-11(5-3-10)15(16,17)18)20-14(21)13-7-6-12(8-19)22-13;/h2-5,9,12-13H,6-8,19H2,1H3,(H,20,21);1H/t9?,12-,13+;/m1./s1. The highest BCUT2D eigenvalue weighted by molar-refractivity contribution is 5.85. The molecule has 8 heteroatoms. The zero-order valence-corrected chi connectivity index (χ0v) is 13.4. The molecule has 23 heavy (non-hydrogen) atoms. The Morgan fingerprint density at radius 2 is 1.96 bits per heavy atom. The smallest absolute Gasteiger partial charge is 0.364 e. The monoisotopic (exact) mass is 352 g/mol. The molecule has 1 saturated heterocycles. The average Bonchev–Trinajstić information content (AvgIpc) is 2.95. The summed E-state index contributed by atoms with van der Waals surface area (Å²) in [6.45, 7) is 2.09. The molecule has 0 spiro atoms. The van der Waals surface area contributed by atoms with Crippen LogP contribution in [0, 0.1) is 0 Å². The average molecular weight is 353 g/mol. The summed E-state index contributed by atoms with van der Waals surface area (Å²) in [7, 11) is 0. The van der Waals surface area contributed by atoms with E-state index in [-0.39, 0.29) is 24.4 Å². The Balaban J connectivity index is 0.00000264. The van der Waals surface area contributed by atoms with Gasteiger partial charge in [-0.15, -0.1) is 12.4 Å². The molecular formula is C15H20ClF3N2O2. The molecule has 3 atom stereocenters. The van der Waals surface area contributed by atoms with Crippen molar-refractivity contribution < 1.29 is 22.7 Å². The van der Waals surface area contributed by atoms with Crippen molar-refractivity contribution in [1.29, 1.82) is 0 Å². The molecule has 130 valence electrons. The first-order valence-corrected chi connectivity index (χ1v) is 7.14. The number of benzene rings is 1. The van der Waals surface area contributed by atoms with E-state index < -0.39 is 23.9 Å². The SMILES string of the molecule is CC(NC(=O)[C@@H]1CC[C@H](CN)O1)c1ccc(C(F)(F)F)cc1.Cl. The maximum absolute atomic E-state index is 12.5. The summed E-state index contributed by atoms with van der Waals surface area (Å²) in [6.07, 6.45) is -3.65. The molecule has 3 N–H and O–H groups in total. The summed E-state index contributed by atoms with van der Waals surface area (Å²) in [5.41, 5.74) is 5.39. The Bertz CT molecular complexity index is 522. The van der Waals surface area contributed by atoms with Crippen LogP contribution in [-0.4, -0.2) is 24.7 Å². The molecule has 1 amide bonds. The first-order valence-electron chi connectivity index (χ1n) is 7.14. The number of hydrogen-bond acceptors (Lipinski definition) is 3. The van der Waals surface area contributed by atoms with Gasteiger partial charge in [0.15, 0.2) is 0 Å².